The molecule has 0 bridgehead atoms. The van der Waals surface area contributed by atoms with Crippen LogP contribution in [0, 0.1) is 5.92 Å². The predicted octanol–water partition coefficient (Wildman–Crippen LogP) is 2.77. The molecule has 1 N–H and O–H groups in total. The summed E-state index contributed by atoms with van der Waals surface area (Å²) in [6.45, 7) is 0. The Bertz CT molecular complexity index is 361. The molecule has 2 nitrogen and oxygen atoms in total. The third-order valence-corrected chi connectivity index (χ3v) is 4.08. The molecule has 1 aliphatic carbocycles. The van der Waals surface area contributed by atoms with Crippen LogP contribution in [0.15, 0.2) is 24.3 Å². The summed E-state index contributed by atoms with van der Waals surface area (Å²) >= 11 is 0. The zero-order chi connectivity index (χ0) is 11.7. The predicted molar refractivity (Wildman–Crippen MR) is 69.4 cm³/mol. The van der Waals surface area contributed by atoms with Crippen molar-refractivity contribution >= 4 is 0 Å². The molecular weight excluding hydrogens is 210 g/mol. The van der Waals surface area contributed by atoms with E-state index in [1.165, 1.54) is 31.2 Å². The Hall–Kier alpha value is -1.02. The molecule has 92 valence electrons. The number of para-hydroxylation sites is 1. The molecule has 1 aromatic rings. The molecular formula is C15H21NO. The molecule has 3 rings (SSSR count). The van der Waals surface area contributed by atoms with Gasteiger partial charge >= 0.3 is 0 Å². The molecule has 0 spiro atoms. The van der Waals surface area contributed by atoms with Gasteiger partial charge in [-0.15, -0.1) is 0 Å². The molecule has 2 aliphatic rings. The van der Waals surface area contributed by atoms with Crippen LogP contribution in [0.5, 0.6) is 5.75 Å². The van der Waals surface area contributed by atoms with Gasteiger partial charge in [0.1, 0.15) is 11.9 Å². The van der Waals surface area contributed by atoms with Crippen molar-refractivity contribution < 1.29 is 4.74 Å². The quantitative estimate of drug-likeness (QED) is 0.841. The fourth-order valence-electron chi connectivity index (χ4n) is 2.89. The van der Waals surface area contributed by atoms with Crippen LogP contribution in [-0.2, 0) is 6.42 Å². The molecule has 0 saturated heterocycles. The van der Waals surface area contributed by atoms with E-state index in [2.05, 4.69) is 36.6 Å². The Morgan fingerprint density at radius 2 is 2.18 bits per heavy atom. The molecule has 1 saturated carbocycles. The van der Waals surface area contributed by atoms with E-state index in [1.807, 2.05) is 0 Å². The Kier molecular flexibility index (Phi) is 3.06. The first-order chi connectivity index (χ1) is 8.36. The van der Waals surface area contributed by atoms with Crippen LogP contribution in [0.3, 0.4) is 0 Å². The minimum Gasteiger partial charge on any atom is -0.490 e. The van der Waals surface area contributed by atoms with Crippen LogP contribution in [0.4, 0.5) is 0 Å². The average Bonchev–Trinajstić information content (AvgIpc) is 3.09. The van der Waals surface area contributed by atoms with E-state index in [-0.39, 0.29) is 0 Å². The van der Waals surface area contributed by atoms with Gasteiger partial charge in [-0.1, -0.05) is 18.2 Å². The highest BCUT2D eigenvalue weighted by molar-refractivity contribution is 5.37. The van der Waals surface area contributed by atoms with Crippen molar-refractivity contribution in [3.63, 3.8) is 0 Å². The van der Waals surface area contributed by atoms with Crippen molar-refractivity contribution in [1.82, 2.24) is 5.32 Å². The van der Waals surface area contributed by atoms with Crippen LogP contribution < -0.4 is 10.1 Å². The van der Waals surface area contributed by atoms with Crippen molar-refractivity contribution in [3.8, 4) is 5.75 Å². The third kappa shape index (κ3) is 2.47. The number of hydrogen-bond donors (Lipinski definition) is 1. The van der Waals surface area contributed by atoms with Gasteiger partial charge < -0.3 is 10.1 Å². The minimum atomic E-state index is 0.405. The third-order valence-electron chi connectivity index (χ3n) is 4.08. The maximum absolute atomic E-state index is 5.97. The molecule has 0 radical (unpaired) electrons. The number of ether oxygens (including phenoxy) is 1. The summed E-state index contributed by atoms with van der Waals surface area (Å²) in [6, 6.07) is 9.15. The van der Waals surface area contributed by atoms with Gasteiger partial charge in [-0.25, -0.2) is 0 Å². The second kappa shape index (κ2) is 4.69. The fraction of sp³-hybridized carbons (Fsp3) is 0.600. The number of hydrogen-bond acceptors (Lipinski definition) is 2. The Morgan fingerprint density at radius 1 is 1.35 bits per heavy atom. The van der Waals surface area contributed by atoms with Crippen LogP contribution in [-0.4, -0.2) is 19.2 Å². The molecule has 2 heteroatoms. The molecule has 1 fully saturated rings. The van der Waals surface area contributed by atoms with E-state index in [9.17, 15) is 0 Å². The summed E-state index contributed by atoms with van der Waals surface area (Å²) in [4.78, 5) is 0. The molecule has 2 atom stereocenters. The van der Waals surface area contributed by atoms with E-state index >= 15 is 0 Å². The van der Waals surface area contributed by atoms with E-state index in [1.54, 1.807) is 0 Å². The van der Waals surface area contributed by atoms with Crippen LogP contribution in [0.1, 0.15) is 31.2 Å². The summed E-state index contributed by atoms with van der Waals surface area (Å²) in [5, 5.41) is 3.45. The lowest BCUT2D eigenvalue weighted by Gasteiger charge is -2.17. The standard InChI is InChI=1S/C15H21NO/c1-16-14(11-6-7-11)9-8-13-10-12-4-2-3-5-15(12)17-13/h2-5,11,13-14,16H,6-10H2,1H3. The zero-order valence-corrected chi connectivity index (χ0v) is 10.5. The van der Waals surface area contributed by atoms with Crippen LogP contribution in [0.2, 0.25) is 0 Å². The number of benzene rings is 1. The van der Waals surface area contributed by atoms with E-state index in [0.717, 1.165) is 18.1 Å². The van der Waals surface area contributed by atoms with Gasteiger partial charge in [0.05, 0.1) is 0 Å². The van der Waals surface area contributed by atoms with Crippen molar-refractivity contribution in [3.05, 3.63) is 29.8 Å². The van der Waals surface area contributed by atoms with E-state index in [0.29, 0.717) is 12.1 Å². The monoisotopic (exact) mass is 231 g/mol. The number of rotatable bonds is 5. The first-order valence-corrected chi connectivity index (χ1v) is 6.78. The molecule has 1 aromatic carbocycles. The fourth-order valence-corrected chi connectivity index (χ4v) is 2.89. The second-order valence-corrected chi connectivity index (χ2v) is 5.36. The maximum Gasteiger partial charge on any atom is 0.123 e. The van der Waals surface area contributed by atoms with Gasteiger partial charge in [0.15, 0.2) is 0 Å². The van der Waals surface area contributed by atoms with Gasteiger partial charge in [0.25, 0.3) is 0 Å². The summed E-state index contributed by atoms with van der Waals surface area (Å²) in [5.74, 6) is 2.04. The first-order valence-electron chi connectivity index (χ1n) is 6.78. The molecule has 0 aromatic heterocycles. The first kappa shape index (κ1) is 11.1. The topological polar surface area (TPSA) is 21.3 Å². The van der Waals surface area contributed by atoms with Crippen molar-refractivity contribution in [2.75, 3.05) is 7.05 Å². The van der Waals surface area contributed by atoms with Crippen molar-refractivity contribution in [2.45, 2.75) is 44.2 Å². The lowest BCUT2D eigenvalue weighted by Crippen LogP contribution is -2.29. The molecule has 17 heavy (non-hydrogen) atoms. The van der Waals surface area contributed by atoms with E-state index < -0.39 is 0 Å². The van der Waals surface area contributed by atoms with Gasteiger partial charge in [-0.05, 0) is 50.3 Å². The summed E-state index contributed by atoms with van der Waals surface area (Å²) in [7, 11) is 2.09. The van der Waals surface area contributed by atoms with Crippen molar-refractivity contribution in [1.29, 1.82) is 0 Å². The Morgan fingerprint density at radius 3 is 2.88 bits per heavy atom. The second-order valence-electron chi connectivity index (χ2n) is 5.36. The van der Waals surface area contributed by atoms with Crippen LogP contribution >= 0.6 is 0 Å². The zero-order valence-electron chi connectivity index (χ0n) is 10.5. The minimum absolute atomic E-state index is 0.405. The molecule has 1 heterocycles. The lowest BCUT2D eigenvalue weighted by molar-refractivity contribution is 0.209. The summed E-state index contributed by atoms with van der Waals surface area (Å²) in [6.07, 6.45) is 6.75. The SMILES string of the molecule is CNC(CCC1Cc2ccccc2O1)C1CC1. The summed E-state index contributed by atoms with van der Waals surface area (Å²) in [5.41, 5.74) is 1.38. The Balaban J connectivity index is 1.51. The van der Waals surface area contributed by atoms with E-state index in [4.69, 9.17) is 4.74 Å². The Labute approximate surface area is 103 Å². The highest BCUT2D eigenvalue weighted by Gasteiger charge is 2.31. The largest absolute Gasteiger partial charge is 0.490 e. The highest BCUT2D eigenvalue weighted by atomic mass is 16.5. The van der Waals surface area contributed by atoms with Gasteiger partial charge in [-0.2, -0.15) is 0 Å². The molecule has 0 amide bonds. The average molecular weight is 231 g/mol. The van der Waals surface area contributed by atoms with Gasteiger partial charge in [0.2, 0.25) is 0 Å². The summed E-state index contributed by atoms with van der Waals surface area (Å²) < 4.78 is 5.97. The normalized spacial score (nSPS) is 24.2. The smallest absolute Gasteiger partial charge is 0.123 e. The highest BCUT2D eigenvalue weighted by Crippen LogP contribution is 2.36. The maximum atomic E-state index is 5.97. The molecule has 2 unspecified atom stereocenters. The lowest BCUT2D eigenvalue weighted by atomic mass is 10.0. The number of fused-ring (bicyclic) bond motifs is 1. The van der Waals surface area contributed by atoms with Crippen molar-refractivity contribution in [2.24, 2.45) is 5.92 Å². The van der Waals surface area contributed by atoms with Gasteiger partial charge in [0, 0.05) is 12.5 Å². The molecule has 1 aliphatic heterocycles. The van der Waals surface area contributed by atoms with Gasteiger partial charge in [-0.3, -0.25) is 0 Å². The van der Waals surface area contributed by atoms with Crippen LogP contribution in [0.25, 0.3) is 0 Å². The number of nitrogens with one attached hydrogen (secondary N) is 1.